The molecule has 0 amide bonds. The number of piperidine rings is 1. The molecule has 2 N–H and O–H groups in total. The van der Waals surface area contributed by atoms with Crippen LogP contribution in [0.4, 0.5) is 13.2 Å². The topological polar surface area (TPSA) is 77.0 Å². The van der Waals surface area contributed by atoms with E-state index in [4.69, 9.17) is 0 Å². The van der Waals surface area contributed by atoms with E-state index >= 15 is 0 Å². The number of nitrogens with one attached hydrogen (secondary N) is 2. The second-order valence-electron chi connectivity index (χ2n) is 7.03. The summed E-state index contributed by atoms with van der Waals surface area (Å²) in [6.45, 7) is 4.82. The van der Waals surface area contributed by atoms with E-state index in [2.05, 4.69) is 27.4 Å². The summed E-state index contributed by atoms with van der Waals surface area (Å²) in [5, 5.41) is 6.50. The third kappa shape index (κ3) is 5.71. The van der Waals surface area contributed by atoms with E-state index in [0.717, 1.165) is 26.1 Å². The number of alkyl halides is 3. The quantitative estimate of drug-likeness (QED) is 0.508. The number of aliphatic imine (C=N–C) groups is 1. The highest BCUT2D eigenvalue weighted by atomic mass is 32.2. The maximum atomic E-state index is 12.6. The summed E-state index contributed by atoms with van der Waals surface area (Å²) in [6.07, 6.45) is 4.09. The van der Waals surface area contributed by atoms with Gasteiger partial charge < -0.3 is 10.6 Å². The molecule has 0 radical (unpaired) electrons. The summed E-state index contributed by atoms with van der Waals surface area (Å²) in [7, 11) is -3.59. The Morgan fingerprint density at radius 2 is 1.78 bits per heavy atom. The Bertz CT molecular complexity index is 598. The second-order valence-corrected chi connectivity index (χ2v) is 8.96. The van der Waals surface area contributed by atoms with Gasteiger partial charge in [-0.3, -0.25) is 9.89 Å². The number of guanidine groups is 1. The summed E-state index contributed by atoms with van der Waals surface area (Å²) in [6, 6.07) is 0.313. The standard InChI is InChI=1S/C16H30F3N5O2S/c1-3-14(23-8-4-5-9-23)12-21-15(20-2)22-13-6-10-24(11-7-13)27(25,26)16(17,18)19/h13-14H,3-12H2,1-2H3,(H2,20,21,22). The predicted molar refractivity (Wildman–Crippen MR) is 99.0 cm³/mol. The summed E-state index contributed by atoms with van der Waals surface area (Å²) in [5.74, 6) is 0.602. The Morgan fingerprint density at radius 1 is 1.19 bits per heavy atom. The molecule has 2 rings (SSSR count). The van der Waals surface area contributed by atoms with Gasteiger partial charge in [-0.15, -0.1) is 0 Å². The van der Waals surface area contributed by atoms with Crippen LogP contribution in [-0.4, -0.2) is 80.9 Å². The Morgan fingerprint density at radius 3 is 2.26 bits per heavy atom. The highest BCUT2D eigenvalue weighted by Crippen LogP contribution is 2.28. The minimum atomic E-state index is -5.24. The van der Waals surface area contributed by atoms with Gasteiger partial charge in [-0.05, 0) is 45.2 Å². The maximum Gasteiger partial charge on any atom is 0.511 e. The minimum Gasteiger partial charge on any atom is -0.355 e. The highest BCUT2D eigenvalue weighted by Gasteiger charge is 2.50. The molecule has 0 aliphatic carbocycles. The van der Waals surface area contributed by atoms with Gasteiger partial charge in [-0.2, -0.15) is 17.5 Å². The second kappa shape index (κ2) is 9.42. The van der Waals surface area contributed by atoms with Crippen molar-refractivity contribution < 1.29 is 21.6 Å². The van der Waals surface area contributed by atoms with Crippen LogP contribution < -0.4 is 10.6 Å². The van der Waals surface area contributed by atoms with Gasteiger partial charge in [0, 0.05) is 38.8 Å². The number of rotatable bonds is 6. The van der Waals surface area contributed by atoms with Crippen molar-refractivity contribution in [2.75, 3.05) is 39.8 Å². The van der Waals surface area contributed by atoms with Gasteiger partial charge in [0.1, 0.15) is 0 Å². The van der Waals surface area contributed by atoms with Gasteiger partial charge in [0.05, 0.1) is 0 Å². The number of hydrogen-bond acceptors (Lipinski definition) is 4. The molecule has 1 atom stereocenters. The molecule has 0 aromatic heterocycles. The lowest BCUT2D eigenvalue weighted by molar-refractivity contribution is -0.0494. The number of nitrogens with zero attached hydrogens (tertiary/aromatic N) is 3. The number of halogens is 3. The Labute approximate surface area is 159 Å². The van der Waals surface area contributed by atoms with Gasteiger partial charge in [-0.1, -0.05) is 6.92 Å². The number of likely N-dealkylation sites (tertiary alicyclic amines) is 1. The molecule has 0 aromatic carbocycles. The molecule has 2 aliphatic heterocycles. The van der Waals surface area contributed by atoms with Crippen LogP contribution in [0.3, 0.4) is 0 Å². The van der Waals surface area contributed by atoms with E-state index in [1.165, 1.54) is 12.8 Å². The molecule has 2 heterocycles. The van der Waals surface area contributed by atoms with Gasteiger partial charge in [-0.25, -0.2) is 8.42 Å². The van der Waals surface area contributed by atoms with Crippen LogP contribution in [-0.2, 0) is 10.0 Å². The van der Waals surface area contributed by atoms with Crippen molar-refractivity contribution in [1.82, 2.24) is 19.8 Å². The van der Waals surface area contributed by atoms with Crippen molar-refractivity contribution in [3.05, 3.63) is 0 Å². The molecule has 0 spiro atoms. The molecular weight excluding hydrogens is 383 g/mol. The molecule has 1 unspecified atom stereocenters. The predicted octanol–water partition coefficient (Wildman–Crippen LogP) is 1.34. The first-order valence-corrected chi connectivity index (χ1v) is 10.9. The van der Waals surface area contributed by atoms with Crippen LogP contribution in [0.2, 0.25) is 0 Å². The fourth-order valence-electron chi connectivity index (χ4n) is 3.63. The molecule has 2 fully saturated rings. The van der Waals surface area contributed by atoms with Crippen LogP contribution in [0.25, 0.3) is 0 Å². The molecule has 7 nitrogen and oxygen atoms in total. The van der Waals surface area contributed by atoms with Gasteiger partial charge >= 0.3 is 15.5 Å². The van der Waals surface area contributed by atoms with E-state index < -0.39 is 15.5 Å². The van der Waals surface area contributed by atoms with Crippen LogP contribution >= 0.6 is 0 Å². The number of sulfonamides is 1. The SMILES string of the molecule is CCC(CNC(=NC)NC1CCN(S(=O)(=O)C(F)(F)F)CC1)N1CCCC1. The third-order valence-electron chi connectivity index (χ3n) is 5.28. The molecule has 11 heteroatoms. The minimum absolute atomic E-state index is 0.109. The van der Waals surface area contributed by atoms with Gasteiger partial charge in [0.25, 0.3) is 0 Å². The average Bonchev–Trinajstić information content (AvgIpc) is 3.15. The van der Waals surface area contributed by atoms with Gasteiger partial charge in [0.2, 0.25) is 0 Å². The number of hydrogen-bond donors (Lipinski definition) is 2. The van der Waals surface area contributed by atoms with Crippen molar-refractivity contribution in [3.63, 3.8) is 0 Å². The monoisotopic (exact) mass is 413 g/mol. The lowest BCUT2D eigenvalue weighted by Gasteiger charge is -2.33. The molecule has 2 aliphatic rings. The first-order chi connectivity index (χ1) is 12.7. The Kier molecular flexibility index (Phi) is 7.75. The van der Waals surface area contributed by atoms with E-state index in [-0.39, 0.29) is 19.1 Å². The maximum absolute atomic E-state index is 12.6. The molecule has 0 bridgehead atoms. The van der Waals surface area contributed by atoms with Crippen LogP contribution in [0.5, 0.6) is 0 Å². The lowest BCUT2D eigenvalue weighted by Crippen LogP contribution is -2.53. The van der Waals surface area contributed by atoms with Crippen LogP contribution in [0.15, 0.2) is 4.99 Å². The van der Waals surface area contributed by atoms with Crippen molar-refractivity contribution >= 4 is 16.0 Å². The van der Waals surface area contributed by atoms with E-state index in [0.29, 0.717) is 29.1 Å². The largest absolute Gasteiger partial charge is 0.511 e. The molecular formula is C16H30F3N5O2S. The first-order valence-electron chi connectivity index (χ1n) is 9.46. The zero-order valence-electron chi connectivity index (χ0n) is 15.9. The Hall–Kier alpha value is -1.07. The molecule has 27 heavy (non-hydrogen) atoms. The van der Waals surface area contributed by atoms with Crippen molar-refractivity contribution in [1.29, 1.82) is 0 Å². The van der Waals surface area contributed by atoms with Crippen LogP contribution in [0.1, 0.15) is 39.0 Å². The third-order valence-corrected chi connectivity index (χ3v) is 6.91. The van der Waals surface area contributed by atoms with Crippen molar-refractivity contribution in [2.24, 2.45) is 4.99 Å². The summed E-state index contributed by atoms with van der Waals surface area (Å²) >= 11 is 0. The van der Waals surface area contributed by atoms with E-state index in [1.54, 1.807) is 7.05 Å². The van der Waals surface area contributed by atoms with Crippen LogP contribution in [0, 0.1) is 0 Å². The average molecular weight is 414 g/mol. The molecule has 0 aromatic rings. The first kappa shape index (κ1) is 22.2. The van der Waals surface area contributed by atoms with E-state index in [1.807, 2.05) is 0 Å². The normalized spacial score (nSPS) is 22.8. The van der Waals surface area contributed by atoms with E-state index in [9.17, 15) is 21.6 Å². The Balaban J connectivity index is 1.81. The van der Waals surface area contributed by atoms with Gasteiger partial charge in [0.15, 0.2) is 5.96 Å². The zero-order valence-corrected chi connectivity index (χ0v) is 16.7. The molecule has 2 saturated heterocycles. The fourth-order valence-corrected chi connectivity index (χ4v) is 4.61. The summed E-state index contributed by atoms with van der Waals surface area (Å²) < 4.78 is 61.4. The van der Waals surface area contributed by atoms with Crippen molar-refractivity contribution in [2.45, 2.75) is 56.6 Å². The fraction of sp³-hybridized carbons (Fsp3) is 0.938. The summed E-state index contributed by atoms with van der Waals surface area (Å²) in [5.41, 5.74) is -5.24. The lowest BCUT2D eigenvalue weighted by atomic mass is 10.1. The molecule has 0 saturated carbocycles. The smallest absolute Gasteiger partial charge is 0.355 e. The molecule has 158 valence electrons. The van der Waals surface area contributed by atoms with Crippen molar-refractivity contribution in [3.8, 4) is 0 Å². The highest BCUT2D eigenvalue weighted by molar-refractivity contribution is 7.90. The zero-order chi connectivity index (χ0) is 20.1. The summed E-state index contributed by atoms with van der Waals surface area (Å²) in [4.78, 5) is 6.65.